The van der Waals surface area contributed by atoms with Crippen molar-refractivity contribution < 1.29 is 5.11 Å². The van der Waals surface area contributed by atoms with E-state index in [1.807, 2.05) is 19.9 Å². The summed E-state index contributed by atoms with van der Waals surface area (Å²) in [5.41, 5.74) is 1.03. The van der Waals surface area contributed by atoms with Gasteiger partial charge in [0.05, 0.1) is 0 Å². The fraction of sp³-hybridized carbons (Fsp3) is 0.455. The Bertz CT molecular complexity index is 213. The molecule has 1 N–H and O–H groups in total. The van der Waals surface area contributed by atoms with Crippen molar-refractivity contribution in [2.75, 3.05) is 6.61 Å². The SMILES string of the molecule is CC.OCC#CC1=CCCC=C1. The first-order valence-electron chi connectivity index (χ1n) is 4.40. The Kier molecular flexibility index (Phi) is 7.42. The molecule has 66 valence electrons. The number of hydrogen-bond acceptors (Lipinski definition) is 1. The number of aliphatic hydroxyl groups excluding tert-OH is 1. The predicted molar refractivity (Wildman–Crippen MR) is 52.7 cm³/mol. The van der Waals surface area contributed by atoms with Crippen LogP contribution in [0.3, 0.4) is 0 Å². The van der Waals surface area contributed by atoms with Crippen LogP contribution in [0, 0.1) is 11.8 Å². The Labute approximate surface area is 74.8 Å². The molecular formula is C11H16O. The summed E-state index contributed by atoms with van der Waals surface area (Å²) in [6, 6.07) is 0. The number of rotatable bonds is 0. The highest BCUT2D eigenvalue weighted by Crippen LogP contribution is 2.07. The van der Waals surface area contributed by atoms with Crippen LogP contribution in [-0.2, 0) is 0 Å². The predicted octanol–water partition coefficient (Wildman–Crippen LogP) is 2.28. The van der Waals surface area contributed by atoms with Gasteiger partial charge in [-0.3, -0.25) is 0 Å². The lowest BCUT2D eigenvalue weighted by Crippen LogP contribution is -1.81. The zero-order chi connectivity index (χ0) is 9.23. The van der Waals surface area contributed by atoms with Crippen LogP contribution in [0.25, 0.3) is 0 Å². The normalized spacial score (nSPS) is 13.4. The summed E-state index contributed by atoms with van der Waals surface area (Å²) in [6.07, 6.45) is 8.37. The van der Waals surface area contributed by atoms with E-state index in [4.69, 9.17) is 5.11 Å². The van der Waals surface area contributed by atoms with Gasteiger partial charge in [-0.1, -0.05) is 43.9 Å². The summed E-state index contributed by atoms with van der Waals surface area (Å²) in [5.74, 6) is 5.45. The molecule has 12 heavy (non-hydrogen) atoms. The average molecular weight is 164 g/mol. The monoisotopic (exact) mass is 164 g/mol. The Morgan fingerprint density at radius 1 is 1.42 bits per heavy atom. The van der Waals surface area contributed by atoms with E-state index in [9.17, 15) is 0 Å². The third kappa shape index (κ3) is 4.76. The highest BCUT2D eigenvalue weighted by molar-refractivity contribution is 5.39. The maximum Gasteiger partial charge on any atom is 0.104 e. The molecule has 0 amide bonds. The van der Waals surface area contributed by atoms with Crippen LogP contribution in [0.2, 0.25) is 0 Å². The summed E-state index contributed by atoms with van der Waals surface area (Å²) in [7, 11) is 0. The third-order valence-corrected chi connectivity index (χ3v) is 1.31. The Morgan fingerprint density at radius 2 is 2.17 bits per heavy atom. The van der Waals surface area contributed by atoms with Crippen LogP contribution in [-0.4, -0.2) is 11.7 Å². The molecule has 0 saturated carbocycles. The van der Waals surface area contributed by atoms with Gasteiger partial charge in [0.15, 0.2) is 0 Å². The first kappa shape index (κ1) is 11.0. The van der Waals surface area contributed by atoms with Crippen LogP contribution in [0.1, 0.15) is 26.7 Å². The van der Waals surface area contributed by atoms with E-state index >= 15 is 0 Å². The molecule has 0 unspecified atom stereocenters. The van der Waals surface area contributed by atoms with Gasteiger partial charge in [-0.25, -0.2) is 0 Å². The number of allylic oxidation sites excluding steroid dienone is 4. The summed E-state index contributed by atoms with van der Waals surface area (Å²) in [6.45, 7) is 3.95. The lowest BCUT2D eigenvalue weighted by Gasteiger charge is -1.96. The van der Waals surface area contributed by atoms with Gasteiger partial charge in [0, 0.05) is 5.57 Å². The minimum absolute atomic E-state index is 0.0504. The van der Waals surface area contributed by atoms with Gasteiger partial charge >= 0.3 is 0 Å². The van der Waals surface area contributed by atoms with E-state index in [0.29, 0.717) is 0 Å². The molecule has 0 aromatic rings. The second-order valence-electron chi connectivity index (χ2n) is 2.10. The standard InChI is InChI=1S/C9H10O.C2H6/c10-8-4-7-9-5-2-1-3-6-9;1-2/h2,5-6,10H,1,3,8H2;1-2H3. The van der Waals surface area contributed by atoms with Crippen LogP contribution in [0.15, 0.2) is 23.8 Å². The highest BCUT2D eigenvalue weighted by Gasteiger charge is 1.90. The molecule has 1 rings (SSSR count). The van der Waals surface area contributed by atoms with Crippen molar-refractivity contribution in [3.8, 4) is 11.8 Å². The minimum atomic E-state index is -0.0504. The minimum Gasteiger partial charge on any atom is -0.384 e. The molecular weight excluding hydrogens is 148 g/mol. The van der Waals surface area contributed by atoms with Crippen LogP contribution >= 0.6 is 0 Å². The average Bonchev–Trinajstić information content (AvgIpc) is 2.19. The molecule has 1 aliphatic carbocycles. The van der Waals surface area contributed by atoms with Crippen LogP contribution in [0.5, 0.6) is 0 Å². The van der Waals surface area contributed by atoms with Crippen LogP contribution in [0.4, 0.5) is 0 Å². The van der Waals surface area contributed by atoms with Gasteiger partial charge < -0.3 is 5.11 Å². The summed E-state index contributed by atoms with van der Waals surface area (Å²) >= 11 is 0. The first-order valence-corrected chi connectivity index (χ1v) is 4.40. The third-order valence-electron chi connectivity index (χ3n) is 1.31. The molecule has 1 heteroatoms. The van der Waals surface area contributed by atoms with Crippen molar-refractivity contribution in [2.45, 2.75) is 26.7 Å². The first-order chi connectivity index (χ1) is 5.93. The fourth-order valence-electron chi connectivity index (χ4n) is 0.848. The van der Waals surface area contributed by atoms with Crippen molar-refractivity contribution in [1.29, 1.82) is 0 Å². The van der Waals surface area contributed by atoms with Crippen molar-refractivity contribution >= 4 is 0 Å². The fourth-order valence-corrected chi connectivity index (χ4v) is 0.848. The number of aliphatic hydroxyl groups is 1. The Hall–Kier alpha value is -1.00. The summed E-state index contributed by atoms with van der Waals surface area (Å²) < 4.78 is 0. The molecule has 0 aromatic carbocycles. The Balaban J connectivity index is 0.000000561. The molecule has 0 atom stereocenters. The quantitative estimate of drug-likeness (QED) is 0.545. The summed E-state index contributed by atoms with van der Waals surface area (Å²) in [5, 5.41) is 8.37. The van der Waals surface area contributed by atoms with E-state index < -0.39 is 0 Å². The van der Waals surface area contributed by atoms with Gasteiger partial charge in [-0.2, -0.15) is 0 Å². The molecule has 1 aliphatic rings. The van der Waals surface area contributed by atoms with Crippen molar-refractivity contribution in [2.24, 2.45) is 0 Å². The lowest BCUT2D eigenvalue weighted by molar-refractivity contribution is 0.350. The molecule has 0 aromatic heterocycles. The molecule has 0 aliphatic heterocycles. The van der Waals surface area contributed by atoms with Crippen molar-refractivity contribution in [1.82, 2.24) is 0 Å². The lowest BCUT2D eigenvalue weighted by atomic mass is 10.1. The Morgan fingerprint density at radius 3 is 2.67 bits per heavy atom. The van der Waals surface area contributed by atoms with E-state index in [1.165, 1.54) is 0 Å². The molecule has 0 heterocycles. The number of hydrogen-bond donors (Lipinski definition) is 1. The maximum absolute atomic E-state index is 8.37. The highest BCUT2D eigenvalue weighted by atomic mass is 16.2. The smallest absolute Gasteiger partial charge is 0.104 e. The molecule has 0 saturated heterocycles. The van der Waals surface area contributed by atoms with E-state index in [1.54, 1.807) is 0 Å². The largest absolute Gasteiger partial charge is 0.384 e. The van der Waals surface area contributed by atoms with Crippen molar-refractivity contribution in [3.63, 3.8) is 0 Å². The molecule has 1 nitrogen and oxygen atoms in total. The molecule has 0 fully saturated rings. The van der Waals surface area contributed by atoms with Crippen molar-refractivity contribution in [3.05, 3.63) is 23.8 Å². The van der Waals surface area contributed by atoms with Gasteiger partial charge in [0.1, 0.15) is 6.61 Å². The second-order valence-corrected chi connectivity index (χ2v) is 2.10. The van der Waals surface area contributed by atoms with Gasteiger partial charge in [0.25, 0.3) is 0 Å². The molecule has 0 spiro atoms. The summed E-state index contributed by atoms with van der Waals surface area (Å²) in [4.78, 5) is 0. The van der Waals surface area contributed by atoms with E-state index in [2.05, 4.69) is 24.0 Å². The topological polar surface area (TPSA) is 20.2 Å². The van der Waals surface area contributed by atoms with Gasteiger partial charge in [-0.15, -0.1) is 0 Å². The van der Waals surface area contributed by atoms with E-state index in [0.717, 1.165) is 18.4 Å². The van der Waals surface area contributed by atoms with Gasteiger partial charge in [-0.05, 0) is 12.8 Å². The molecule has 0 bridgehead atoms. The van der Waals surface area contributed by atoms with E-state index in [-0.39, 0.29) is 6.61 Å². The molecule has 0 radical (unpaired) electrons. The second kappa shape index (κ2) is 8.10. The zero-order valence-electron chi connectivity index (χ0n) is 7.80. The van der Waals surface area contributed by atoms with Crippen LogP contribution < -0.4 is 0 Å². The zero-order valence-corrected chi connectivity index (χ0v) is 7.80. The van der Waals surface area contributed by atoms with Gasteiger partial charge in [0.2, 0.25) is 0 Å². The maximum atomic E-state index is 8.37.